The Morgan fingerprint density at radius 1 is 1.21 bits per heavy atom. The second kappa shape index (κ2) is 7.72. The van der Waals surface area contributed by atoms with Crippen LogP contribution in [0.2, 0.25) is 0 Å². The van der Waals surface area contributed by atoms with Crippen LogP contribution in [0.25, 0.3) is 10.9 Å². The lowest BCUT2D eigenvalue weighted by molar-refractivity contribution is -0.150. The number of hydrogen-bond acceptors (Lipinski definition) is 4. The van der Waals surface area contributed by atoms with Gasteiger partial charge in [-0.25, -0.2) is 0 Å². The van der Waals surface area contributed by atoms with E-state index in [4.69, 9.17) is 4.74 Å². The SMILES string of the molecule is C/C=C1/CN(C)[C@H]2Cc3c(n(C)c4ccccc34)C(=O)C[C@@H]1C2C(=O)OC.Cl. The number of aryl methyl sites for hydroxylation is 1. The molecule has 3 atom stereocenters. The number of benzene rings is 1. The Morgan fingerprint density at radius 3 is 2.61 bits per heavy atom. The molecule has 2 aliphatic rings. The largest absolute Gasteiger partial charge is 0.469 e. The Labute approximate surface area is 171 Å². The zero-order valence-electron chi connectivity index (χ0n) is 16.8. The van der Waals surface area contributed by atoms with Gasteiger partial charge in [0.2, 0.25) is 0 Å². The summed E-state index contributed by atoms with van der Waals surface area (Å²) in [5.41, 5.74) is 4.07. The van der Waals surface area contributed by atoms with Gasteiger partial charge in [-0.15, -0.1) is 12.4 Å². The van der Waals surface area contributed by atoms with Crippen LogP contribution < -0.4 is 0 Å². The maximum atomic E-state index is 13.3. The number of carbonyl (C=O) groups is 2. The van der Waals surface area contributed by atoms with Crippen molar-refractivity contribution >= 4 is 35.1 Å². The van der Waals surface area contributed by atoms with Gasteiger partial charge in [0.1, 0.15) is 0 Å². The topological polar surface area (TPSA) is 51.5 Å². The third-order valence-electron chi connectivity index (χ3n) is 6.46. The number of hydrogen-bond donors (Lipinski definition) is 0. The molecule has 2 bridgehead atoms. The molecule has 1 unspecified atom stereocenters. The molecule has 5 nitrogen and oxygen atoms in total. The zero-order valence-corrected chi connectivity index (χ0v) is 17.6. The van der Waals surface area contributed by atoms with E-state index in [-0.39, 0.29) is 42.0 Å². The monoisotopic (exact) mass is 402 g/mol. The van der Waals surface area contributed by atoms with Crippen LogP contribution in [0.5, 0.6) is 0 Å². The van der Waals surface area contributed by atoms with Crippen molar-refractivity contribution in [3.8, 4) is 0 Å². The van der Waals surface area contributed by atoms with E-state index in [0.29, 0.717) is 12.8 Å². The molecule has 1 aromatic heterocycles. The van der Waals surface area contributed by atoms with Crippen molar-refractivity contribution in [3.05, 3.63) is 47.2 Å². The molecule has 0 amide bonds. The maximum Gasteiger partial charge on any atom is 0.310 e. The van der Waals surface area contributed by atoms with Gasteiger partial charge >= 0.3 is 5.97 Å². The molecule has 1 aromatic carbocycles. The van der Waals surface area contributed by atoms with Crippen LogP contribution in [0.15, 0.2) is 35.9 Å². The van der Waals surface area contributed by atoms with Gasteiger partial charge in [-0.1, -0.05) is 29.8 Å². The van der Waals surface area contributed by atoms with Gasteiger partial charge in [-0.05, 0) is 32.0 Å². The predicted octanol–water partition coefficient (Wildman–Crippen LogP) is 3.39. The second-order valence-electron chi connectivity index (χ2n) is 7.74. The van der Waals surface area contributed by atoms with E-state index < -0.39 is 0 Å². The summed E-state index contributed by atoms with van der Waals surface area (Å²) >= 11 is 0. The molecule has 4 rings (SSSR count). The van der Waals surface area contributed by atoms with Gasteiger partial charge in [-0.3, -0.25) is 14.5 Å². The van der Waals surface area contributed by atoms with Crippen LogP contribution in [0.3, 0.4) is 0 Å². The summed E-state index contributed by atoms with van der Waals surface area (Å²) < 4.78 is 7.19. The fourth-order valence-electron chi connectivity index (χ4n) is 5.14. The van der Waals surface area contributed by atoms with Crippen molar-refractivity contribution < 1.29 is 14.3 Å². The zero-order chi connectivity index (χ0) is 19.3. The van der Waals surface area contributed by atoms with E-state index in [9.17, 15) is 9.59 Å². The van der Waals surface area contributed by atoms with Crippen molar-refractivity contribution in [2.75, 3.05) is 20.7 Å². The number of likely N-dealkylation sites (tertiary alicyclic amines) is 1. The number of carbonyl (C=O) groups excluding carboxylic acids is 2. The Kier molecular flexibility index (Phi) is 5.69. The number of rotatable bonds is 1. The summed E-state index contributed by atoms with van der Waals surface area (Å²) in [4.78, 5) is 28.3. The average Bonchev–Trinajstić information content (AvgIpc) is 2.94. The molecule has 0 spiro atoms. The van der Waals surface area contributed by atoms with Crippen LogP contribution in [0.4, 0.5) is 0 Å². The van der Waals surface area contributed by atoms with Crippen molar-refractivity contribution in [2.24, 2.45) is 18.9 Å². The number of ether oxygens (including phenoxy) is 1. The van der Waals surface area contributed by atoms with Crippen molar-refractivity contribution in [2.45, 2.75) is 25.8 Å². The fraction of sp³-hybridized carbons (Fsp3) is 0.455. The average molecular weight is 403 g/mol. The molecule has 2 aromatic rings. The quantitative estimate of drug-likeness (QED) is 0.542. The number of aromatic nitrogens is 1. The first kappa shape index (κ1) is 20.6. The van der Waals surface area contributed by atoms with Crippen LogP contribution in [0, 0.1) is 11.8 Å². The molecule has 1 fully saturated rings. The minimum absolute atomic E-state index is 0. The third-order valence-corrected chi connectivity index (χ3v) is 6.46. The molecule has 2 heterocycles. The number of methoxy groups -OCH3 is 1. The van der Waals surface area contributed by atoms with E-state index in [1.165, 1.54) is 7.11 Å². The summed E-state index contributed by atoms with van der Waals surface area (Å²) in [6.45, 7) is 2.77. The van der Waals surface area contributed by atoms with E-state index >= 15 is 0 Å². The van der Waals surface area contributed by atoms with Crippen LogP contribution in [0.1, 0.15) is 29.4 Å². The second-order valence-corrected chi connectivity index (χ2v) is 7.74. The fourth-order valence-corrected chi connectivity index (χ4v) is 5.14. The lowest BCUT2D eigenvalue weighted by Crippen LogP contribution is -2.54. The molecule has 1 aliphatic carbocycles. The molecule has 150 valence electrons. The maximum absolute atomic E-state index is 13.3. The number of para-hydroxylation sites is 1. The van der Waals surface area contributed by atoms with Crippen LogP contribution in [-0.4, -0.2) is 48.0 Å². The number of esters is 1. The summed E-state index contributed by atoms with van der Waals surface area (Å²) in [5.74, 6) is -0.518. The Hall–Kier alpha value is -2.11. The van der Waals surface area contributed by atoms with Gasteiger partial charge in [-0.2, -0.15) is 0 Å². The van der Waals surface area contributed by atoms with Crippen molar-refractivity contribution in [1.29, 1.82) is 0 Å². The third kappa shape index (κ3) is 2.97. The molecule has 1 saturated heterocycles. The summed E-state index contributed by atoms with van der Waals surface area (Å²) in [5, 5.41) is 1.11. The lowest BCUT2D eigenvalue weighted by atomic mass is 9.70. The molecule has 0 saturated carbocycles. The number of halogens is 1. The predicted molar refractivity (Wildman–Crippen MR) is 112 cm³/mol. The Morgan fingerprint density at radius 2 is 1.93 bits per heavy atom. The number of likely N-dealkylation sites (N-methyl/N-ethyl adjacent to an activating group) is 1. The molecular weight excluding hydrogens is 376 g/mol. The van der Waals surface area contributed by atoms with Crippen LogP contribution >= 0.6 is 12.4 Å². The number of piperidine rings is 1. The molecular formula is C22H27ClN2O3. The normalized spacial score (nSPS) is 26.4. The highest BCUT2D eigenvalue weighted by atomic mass is 35.5. The smallest absolute Gasteiger partial charge is 0.310 e. The lowest BCUT2D eigenvalue weighted by Gasteiger charge is -2.45. The first-order valence-corrected chi connectivity index (χ1v) is 9.50. The molecule has 0 radical (unpaired) electrons. The standard InChI is InChI=1S/C22H26N2O3.ClH/c1-5-13-12-23(2)18-10-16-14-8-6-7-9-17(14)24(3)21(16)19(25)11-15(13)20(18)22(26)27-4;/h5-9,15,18,20H,10-12H2,1-4H3;1H/b13-5-;/t15-,18-,20?;/m0./s1. The number of allylic oxidation sites excluding steroid dienone is 1. The minimum atomic E-state index is -0.323. The van der Waals surface area contributed by atoms with E-state index in [1.54, 1.807) is 0 Å². The number of nitrogens with zero attached hydrogens (tertiary/aromatic N) is 2. The Balaban J connectivity index is 0.00000225. The van der Waals surface area contributed by atoms with E-state index in [0.717, 1.165) is 34.3 Å². The number of fused-ring (bicyclic) bond motifs is 5. The Bertz CT molecular complexity index is 962. The molecule has 1 aliphatic heterocycles. The molecule has 6 heteroatoms. The van der Waals surface area contributed by atoms with Crippen molar-refractivity contribution in [1.82, 2.24) is 9.47 Å². The van der Waals surface area contributed by atoms with Gasteiger partial charge < -0.3 is 9.30 Å². The first-order chi connectivity index (χ1) is 13.0. The van der Waals surface area contributed by atoms with Gasteiger partial charge in [0, 0.05) is 42.9 Å². The highest BCUT2D eigenvalue weighted by molar-refractivity contribution is 6.03. The molecule has 0 N–H and O–H groups in total. The number of Topliss-reactive ketones (excluding diaryl/α,β-unsaturated/α-hetero) is 1. The first-order valence-electron chi connectivity index (χ1n) is 9.50. The van der Waals surface area contributed by atoms with Crippen molar-refractivity contribution in [3.63, 3.8) is 0 Å². The molecule has 28 heavy (non-hydrogen) atoms. The minimum Gasteiger partial charge on any atom is -0.469 e. The highest BCUT2D eigenvalue weighted by Crippen LogP contribution is 2.42. The summed E-state index contributed by atoms with van der Waals surface area (Å²) in [6.07, 6.45) is 3.08. The van der Waals surface area contributed by atoms with Gasteiger partial charge in [0.15, 0.2) is 5.78 Å². The number of ketones is 1. The summed E-state index contributed by atoms with van der Waals surface area (Å²) in [6, 6.07) is 8.16. The van der Waals surface area contributed by atoms with Gasteiger partial charge in [0.25, 0.3) is 0 Å². The van der Waals surface area contributed by atoms with E-state index in [2.05, 4.69) is 30.2 Å². The van der Waals surface area contributed by atoms with Gasteiger partial charge in [0.05, 0.1) is 18.7 Å². The van der Waals surface area contributed by atoms with Crippen LogP contribution in [-0.2, 0) is 23.0 Å². The highest BCUT2D eigenvalue weighted by Gasteiger charge is 2.47. The summed E-state index contributed by atoms with van der Waals surface area (Å²) in [7, 11) is 5.47. The van der Waals surface area contributed by atoms with E-state index in [1.807, 2.05) is 30.7 Å².